The summed E-state index contributed by atoms with van der Waals surface area (Å²) in [7, 11) is -1.26. The molecular formula is C13H17NOSSi. The fourth-order valence-corrected chi connectivity index (χ4v) is 2.55. The zero-order valence-corrected chi connectivity index (χ0v) is 12.4. The maximum absolute atomic E-state index is 11.5. The molecule has 1 aromatic carbocycles. The highest BCUT2D eigenvalue weighted by Crippen LogP contribution is 2.17. The van der Waals surface area contributed by atoms with Crippen LogP contribution in [0.25, 0.3) is 0 Å². The highest BCUT2D eigenvalue weighted by molar-refractivity contribution is 8.32. The van der Waals surface area contributed by atoms with Gasteiger partial charge < -0.3 is 5.32 Å². The number of hydrogen-bond acceptors (Lipinski definition) is 2. The van der Waals surface area contributed by atoms with Crippen LogP contribution in [0.4, 0.5) is 5.69 Å². The van der Waals surface area contributed by atoms with Crippen LogP contribution in [-0.4, -0.2) is 13.1 Å². The first-order valence-corrected chi connectivity index (χ1v) is 10.5. The molecule has 0 saturated carbocycles. The van der Waals surface area contributed by atoms with Crippen molar-refractivity contribution in [3.8, 4) is 11.2 Å². The normalized spacial score (nSPS) is 10.4. The van der Waals surface area contributed by atoms with Crippen LogP contribution in [0.2, 0.25) is 19.6 Å². The minimum Gasteiger partial charge on any atom is -0.315 e. The number of nitrogens with one attached hydrogen (secondary N) is 1. The second-order valence-corrected chi connectivity index (χ2v) is 13.7. The van der Waals surface area contributed by atoms with E-state index in [0.717, 1.165) is 5.69 Å². The van der Waals surface area contributed by atoms with E-state index in [1.807, 2.05) is 31.2 Å². The van der Waals surface area contributed by atoms with Crippen LogP contribution in [0.5, 0.6) is 0 Å². The van der Waals surface area contributed by atoms with E-state index in [9.17, 15) is 4.79 Å². The molecule has 17 heavy (non-hydrogen) atoms. The van der Waals surface area contributed by atoms with E-state index in [2.05, 4.69) is 36.1 Å². The highest BCUT2D eigenvalue weighted by Gasteiger charge is 2.11. The van der Waals surface area contributed by atoms with Gasteiger partial charge in [0, 0.05) is 11.6 Å². The molecule has 0 aromatic heterocycles. The quantitative estimate of drug-likeness (QED) is 0.654. The van der Waals surface area contributed by atoms with E-state index < -0.39 is 7.22 Å². The molecule has 4 heteroatoms. The smallest absolute Gasteiger partial charge is 0.301 e. The van der Waals surface area contributed by atoms with Gasteiger partial charge in [-0.2, -0.15) is 0 Å². The van der Waals surface area contributed by atoms with Crippen LogP contribution in [0.15, 0.2) is 24.3 Å². The maximum atomic E-state index is 11.5. The van der Waals surface area contributed by atoms with Crippen molar-refractivity contribution >= 4 is 30.0 Å². The second kappa shape index (κ2) is 5.94. The number of rotatable bonds is 2. The second-order valence-electron chi connectivity index (χ2n) is 4.76. The van der Waals surface area contributed by atoms with E-state index in [1.165, 1.54) is 5.56 Å². The molecule has 2 nitrogen and oxygen atoms in total. The van der Waals surface area contributed by atoms with Crippen molar-refractivity contribution in [1.82, 2.24) is 0 Å². The van der Waals surface area contributed by atoms with Gasteiger partial charge in [-0.25, -0.2) is 0 Å². The Hall–Kier alpha value is -1.18. The van der Waals surface area contributed by atoms with Crippen molar-refractivity contribution in [2.45, 2.75) is 26.6 Å². The van der Waals surface area contributed by atoms with Crippen LogP contribution in [-0.2, 0) is 4.79 Å². The first kappa shape index (κ1) is 13.9. The lowest BCUT2D eigenvalue weighted by Crippen LogP contribution is -2.13. The van der Waals surface area contributed by atoms with E-state index in [4.69, 9.17) is 0 Å². The molecule has 0 aliphatic heterocycles. The van der Waals surface area contributed by atoms with Crippen LogP contribution in [0.1, 0.15) is 5.56 Å². The van der Waals surface area contributed by atoms with Crippen molar-refractivity contribution in [3.63, 3.8) is 0 Å². The molecule has 0 bridgehead atoms. The molecule has 0 aliphatic rings. The number of aryl methyl sites for hydroxylation is 1. The molecule has 0 aliphatic carbocycles. The highest BCUT2D eigenvalue weighted by atomic mass is 32.4. The SMILES string of the molecule is Cc1ccc(NC(=O)C#CS[Si](C)(C)C)cc1. The van der Waals surface area contributed by atoms with Gasteiger partial charge in [0.25, 0.3) is 0 Å². The van der Waals surface area contributed by atoms with E-state index in [-0.39, 0.29) is 5.91 Å². The average molecular weight is 263 g/mol. The summed E-state index contributed by atoms with van der Waals surface area (Å²) in [5, 5.41) is 5.62. The van der Waals surface area contributed by atoms with Gasteiger partial charge in [0.15, 0.2) is 0 Å². The molecule has 90 valence electrons. The maximum Gasteiger partial charge on any atom is 0.301 e. The Balaban J connectivity index is 2.53. The van der Waals surface area contributed by atoms with Gasteiger partial charge in [-0.3, -0.25) is 4.79 Å². The summed E-state index contributed by atoms with van der Waals surface area (Å²) in [6.45, 7) is 8.61. The number of amides is 1. The minimum atomic E-state index is -1.26. The summed E-state index contributed by atoms with van der Waals surface area (Å²) in [5.41, 5.74) is 1.95. The Labute approximate surface area is 108 Å². The van der Waals surface area contributed by atoms with Crippen LogP contribution in [0, 0.1) is 18.1 Å². The monoisotopic (exact) mass is 263 g/mol. The first-order chi connectivity index (χ1) is 7.87. The van der Waals surface area contributed by atoms with E-state index in [1.54, 1.807) is 11.2 Å². The minimum absolute atomic E-state index is 0.250. The molecule has 1 aromatic rings. The lowest BCUT2D eigenvalue weighted by molar-refractivity contribution is -0.111. The molecule has 0 heterocycles. The molecule has 0 spiro atoms. The number of benzene rings is 1. The van der Waals surface area contributed by atoms with Crippen molar-refractivity contribution in [2.24, 2.45) is 0 Å². The standard InChI is InChI=1S/C13H17NOSSi/c1-11-5-7-12(8-6-11)14-13(15)9-10-16-17(2,3)4/h5-8H,1-4H3,(H,14,15). The van der Waals surface area contributed by atoms with Gasteiger partial charge in [-0.15, -0.1) is 11.2 Å². The zero-order chi connectivity index (χ0) is 12.9. The van der Waals surface area contributed by atoms with Gasteiger partial charge in [0.2, 0.25) is 0 Å². The number of carbonyl (C=O) groups is 1. The molecule has 1 rings (SSSR count). The van der Waals surface area contributed by atoms with Crippen LogP contribution >= 0.6 is 11.2 Å². The number of carbonyl (C=O) groups excluding carboxylic acids is 1. The predicted octanol–water partition coefficient (Wildman–Crippen LogP) is 3.46. The topological polar surface area (TPSA) is 29.1 Å². The molecule has 1 amide bonds. The lowest BCUT2D eigenvalue weighted by Gasteiger charge is -2.08. The fraction of sp³-hybridized carbons (Fsp3) is 0.308. The third-order valence-corrected chi connectivity index (χ3v) is 4.79. The van der Waals surface area contributed by atoms with Crippen LogP contribution in [0.3, 0.4) is 0 Å². The summed E-state index contributed by atoms with van der Waals surface area (Å²) in [5.74, 6) is 2.35. The average Bonchev–Trinajstić information content (AvgIpc) is 2.19. The Kier molecular flexibility index (Phi) is 4.85. The molecule has 0 unspecified atom stereocenters. The van der Waals surface area contributed by atoms with Crippen molar-refractivity contribution in [1.29, 1.82) is 0 Å². The van der Waals surface area contributed by atoms with Gasteiger partial charge in [-0.05, 0) is 24.3 Å². The van der Waals surface area contributed by atoms with Gasteiger partial charge >= 0.3 is 5.91 Å². The van der Waals surface area contributed by atoms with Crippen LogP contribution < -0.4 is 5.32 Å². The number of anilines is 1. The van der Waals surface area contributed by atoms with Gasteiger partial charge in [0.05, 0.1) is 0 Å². The molecule has 0 fully saturated rings. The molecule has 1 N–H and O–H groups in total. The summed E-state index contributed by atoms with van der Waals surface area (Å²) < 4.78 is 0. The first-order valence-electron chi connectivity index (χ1n) is 5.43. The van der Waals surface area contributed by atoms with E-state index in [0.29, 0.717) is 0 Å². The molecule has 0 saturated heterocycles. The Morgan fingerprint density at radius 3 is 2.35 bits per heavy atom. The Morgan fingerprint density at radius 2 is 1.82 bits per heavy atom. The van der Waals surface area contributed by atoms with E-state index >= 15 is 0 Å². The van der Waals surface area contributed by atoms with Crippen molar-refractivity contribution in [3.05, 3.63) is 29.8 Å². The Bertz CT molecular complexity index is 451. The number of hydrogen-bond donors (Lipinski definition) is 1. The zero-order valence-electron chi connectivity index (χ0n) is 10.6. The van der Waals surface area contributed by atoms with Gasteiger partial charge in [0.1, 0.15) is 7.22 Å². The Morgan fingerprint density at radius 1 is 1.24 bits per heavy atom. The summed E-state index contributed by atoms with van der Waals surface area (Å²) >= 11 is 1.59. The summed E-state index contributed by atoms with van der Waals surface area (Å²) in [6, 6.07) is 7.67. The van der Waals surface area contributed by atoms with Gasteiger partial charge in [-0.1, -0.05) is 37.3 Å². The fourth-order valence-electron chi connectivity index (χ4n) is 1.02. The molecule has 0 atom stereocenters. The summed E-state index contributed by atoms with van der Waals surface area (Å²) in [6.07, 6.45) is 0. The van der Waals surface area contributed by atoms with Crippen molar-refractivity contribution < 1.29 is 4.79 Å². The summed E-state index contributed by atoms with van der Waals surface area (Å²) in [4.78, 5) is 11.5. The lowest BCUT2D eigenvalue weighted by atomic mass is 10.2. The predicted molar refractivity (Wildman–Crippen MR) is 78.5 cm³/mol. The largest absolute Gasteiger partial charge is 0.315 e. The van der Waals surface area contributed by atoms with Crippen molar-refractivity contribution in [2.75, 3.05) is 5.32 Å². The third-order valence-electron chi connectivity index (χ3n) is 1.83. The third kappa shape index (κ3) is 6.20. The molecule has 0 radical (unpaired) electrons. The molecular weight excluding hydrogens is 246 g/mol.